The first-order valence-corrected chi connectivity index (χ1v) is 16.9. The van der Waals surface area contributed by atoms with Crippen LogP contribution in [0.5, 0.6) is 0 Å². The van der Waals surface area contributed by atoms with Gasteiger partial charge in [0.05, 0.1) is 41.1 Å². The Bertz CT molecular complexity index is 1430. The summed E-state index contributed by atoms with van der Waals surface area (Å²) in [5.41, 5.74) is -1.58. The number of aromatic nitrogens is 2. The number of nitrogens with zero attached hydrogens (tertiary/aromatic N) is 4. The number of imidazole rings is 1. The molecule has 1 aliphatic carbocycles. The third-order valence-electron chi connectivity index (χ3n) is 7.29. The van der Waals surface area contributed by atoms with Crippen LogP contribution < -0.4 is 10.6 Å². The Balaban J connectivity index is 1.93. The first-order chi connectivity index (χ1) is 21.7. The summed E-state index contributed by atoms with van der Waals surface area (Å²) in [6, 6.07) is 1.93. The van der Waals surface area contributed by atoms with Crippen molar-refractivity contribution in [3.05, 3.63) is 56.6 Å². The van der Waals surface area contributed by atoms with Crippen molar-refractivity contribution in [2.45, 2.75) is 97.0 Å². The van der Waals surface area contributed by atoms with E-state index in [0.717, 1.165) is 44.2 Å². The lowest BCUT2D eigenvalue weighted by Gasteiger charge is -2.32. The zero-order valence-corrected chi connectivity index (χ0v) is 27.7. The highest BCUT2D eigenvalue weighted by Crippen LogP contribution is 2.54. The van der Waals surface area contributed by atoms with Crippen LogP contribution in [0, 0.1) is 26.1 Å². The molecule has 1 saturated carbocycles. The van der Waals surface area contributed by atoms with Gasteiger partial charge in [0.1, 0.15) is 23.1 Å². The molecule has 2 aromatic rings. The predicted molar refractivity (Wildman–Crippen MR) is 168 cm³/mol. The van der Waals surface area contributed by atoms with E-state index in [1.54, 1.807) is 34.6 Å². The first-order valence-electron chi connectivity index (χ1n) is 15.3. The van der Waals surface area contributed by atoms with E-state index in [9.17, 15) is 34.4 Å². The monoisotopic (exact) mass is 666 g/mol. The second kappa shape index (κ2) is 16.1. The number of nitro benzene ring substituents is 2. The second-order valence-electron chi connectivity index (χ2n) is 12.0. The van der Waals surface area contributed by atoms with E-state index in [1.807, 2.05) is 0 Å². The van der Waals surface area contributed by atoms with Crippen LogP contribution in [-0.4, -0.2) is 62.0 Å². The number of nitrogens with one attached hydrogen (secondary N) is 2. The molecule has 2 atom stereocenters. The first kappa shape index (κ1) is 36.6. The lowest BCUT2D eigenvalue weighted by Crippen LogP contribution is -2.52. The number of hydrogen-bond acceptors (Lipinski definition) is 11. The van der Waals surface area contributed by atoms with E-state index in [-0.39, 0.29) is 36.9 Å². The highest BCUT2D eigenvalue weighted by Gasteiger charge is 2.40. The zero-order chi connectivity index (χ0) is 34.1. The van der Waals surface area contributed by atoms with Crippen LogP contribution in [0.25, 0.3) is 5.69 Å². The van der Waals surface area contributed by atoms with Gasteiger partial charge in [-0.05, 0) is 53.0 Å². The average Bonchev–Trinajstić information content (AvgIpc) is 3.44. The number of non-ortho nitro benzene ring substituents is 1. The van der Waals surface area contributed by atoms with Gasteiger partial charge in [0, 0.05) is 18.7 Å². The Labute approximate surface area is 267 Å². The fourth-order valence-corrected chi connectivity index (χ4v) is 7.30. The molecule has 0 radical (unpaired) electrons. The largest absolute Gasteiger partial charge is 0.444 e. The van der Waals surface area contributed by atoms with Crippen molar-refractivity contribution < 1.29 is 37.8 Å². The lowest BCUT2D eigenvalue weighted by molar-refractivity contribution is -0.394. The Morgan fingerprint density at radius 2 is 1.72 bits per heavy atom. The van der Waals surface area contributed by atoms with Gasteiger partial charge < -0.3 is 24.4 Å². The molecule has 1 unspecified atom stereocenters. The molecule has 46 heavy (non-hydrogen) atoms. The van der Waals surface area contributed by atoms with E-state index in [1.165, 1.54) is 23.2 Å². The third kappa shape index (κ3) is 10.3. The van der Waals surface area contributed by atoms with Crippen molar-refractivity contribution in [3.63, 3.8) is 0 Å². The molecule has 3 rings (SSSR count). The Morgan fingerprint density at radius 1 is 1.07 bits per heavy atom. The van der Waals surface area contributed by atoms with Gasteiger partial charge in [-0.15, -0.1) is 0 Å². The minimum atomic E-state index is -3.81. The van der Waals surface area contributed by atoms with Gasteiger partial charge in [0.25, 0.3) is 11.4 Å². The lowest BCUT2D eigenvalue weighted by atomic mass is 9.87. The molecule has 0 aliphatic heterocycles. The van der Waals surface area contributed by atoms with E-state index in [2.05, 4.69) is 15.6 Å². The summed E-state index contributed by atoms with van der Waals surface area (Å²) in [6.45, 7) is 8.57. The van der Waals surface area contributed by atoms with Crippen molar-refractivity contribution in [1.82, 2.24) is 20.2 Å². The molecule has 0 saturated heterocycles. The van der Waals surface area contributed by atoms with Crippen molar-refractivity contribution in [2.75, 3.05) is 13.2 Å². The molecule has 1 aliphatic rings. The Morgan fingerprint density at radius 3 is 2.28 bits per heavy atom. The molecule has 16 nitrogen and oxygen atoms in total. The normalized spacial score (nSPS) is 15.5. The minimum absolute atomic E-state index is 0.0115. The topological polar surface area (TPSA) is 207 Å². The SMILES string of the molecule is CCOP(=O)(OCC)C(CC1CCCCC1)NC(=O)[C@H](Cc1cn(-c2ccc([N+](=O)[O-])cc2[N+](=O)[O-])cn1)NC(=O)OC(C)(C)C. The quantitative estimate of drug-likeness (QED) is 0.132. The van der Waals surface area contributed by atoms with Crippen molar-refractivity contribution in [3.8, 4) is 5.69 Å². The van der Waals surface area contributed by atoms with E-state index in [0.29, 0.717) is 6.42 Å². The van der Waals surface area contributed by atoms with Crippen LogP contribution in [-0.2, 0) is 29.6 Å². The maximum absolute atomic E-state index is 13.9. The smallest absolute Gasteiger partial charge is 0.408 e. The molecule has 0 bridgehead atoms. The highest BCUT2D eigenvalue weighted by atomic mass is 31.2. The third-order valence-corrected chi connectivity index (χ3v) is 9.63. The number of amides is 2. The van der Waals surface area contributed by atoms with Crippen LogP contribution in [0.15, 0.2) is 30.7 Å². The van der Waals surface area contributed by atoms with E-state index < -0.39 is 58.2 Å². The number of carbonyl (C=O) groups excluding carboxylic acids is 2. The molecular weight excluding hydrogens is 623 g/mol. The summed E-state index contributed by atoms with van der Waals surface area (Å²) in [5.74, 6) is -1.47. The summed E-state index contributed by atoms with van der Waals surface area (Å²) in [7, 11) is -3.81. The zero-order valence-electron chi connectivity index (χ0n) is 26.8. The van der Waals surface area contributed by atoms with E-state index >= 15 is 0 Å². The van der Waals surface area contributed by atoms with Crippen LogP contribution in [0.3, 0.4) is 0 Å². The van der Waals surface area contributed by atoms with E-state index in [4.69, 9.17) is 13.8 Å². The fourth-order valence-electron chi connectivity index (χ4n) is 5.31. The number of hydrogen-bond donors (Lipinski definition) is 2. The van der Waals surface area contributed by atoms with Gasteiger partial charge >= 0.3 is 13.7 Å². The maximum atomic E-state index is 13.9. The molecule has 1 heterocycles. The molecule has 254 valence electrons. The summed E-state index contributed by atoms with van der Waals surface area (Å²) >= 11 is 0. The number of ether oxygens (including phenoxy) is 1. The minimum Gasteiger partial charge on any atom is -0.444 e. The van der Waals surface area contributed by atoms with Crippen LogP contribution in [0.2, 0.25) is 0 Å². The maximum Gasteiger partial charge on any atom is 0.408 e. The molecular formula is C29H43N6O10P. The fraction of sp³-hybridized carbons (Fsp3) is 0.621. The molecule has 2 amide bonds. The molecule has 2 N–H and O–H groups in total. The predicted octanol–water partition coefficient (Wildman–Crippen LogP) is 5.80. The molecule has 1 aromatic carbocycles. The van der Waals surface area contributed by atoms with Gasteiger partial charge in [0.15, 0.2) is 0 Å². The number of benzene rings is 1. The molecule has 1 aromatic heterocycles. The summed E-state index contributed by atoms with van der Waals surface area (Å²) < 4.78 is 31.9. The average molecular weight is 667 g/mol. The van der Waals surface area contributed by atoms with Crippen LogP contribution >= 0.6 is 7.60 Å². The molecule has 1 fully saturated rings. The number of nitro groups is 2. The van der Waals surface area contributed by atoms with Crippen molar-refractivity contribution >= 4 is 31.0 Å². The number of carbonyl (C=O) groups is 2. The summed E-state index contributed by atoms with van der Waals surface area (Å²) in [4.78, 5) is 52.3. The van der Waals surface area contributed by atoms with Crippen LogP contribution in [0.1, 0.15) is 78.8 Å². The van der Waals surface area contributed by atoms with Gasteiger partial charge in [-0.2, -0.15) is 0 Å². The van der Waals surface area contributed by atoms with Crippen molar-refractivity contribution in [2.24, 2.45) is 5.92 Å². The highest BCUT2D eigenvalue weighted by molar-refractivity contribution is 7.54. The standard InChI is InChI=1S/C29H43N6O10P/c1-6-43-46(42,44-7-2)26(15-20-11-9-8-10-12-20)32-27(36)23(31-28(37)45-29(3,4)5)16-21-18-33(19-30-21)24-14-13-22(34(38)39)17-25(24)35(40)41/h13-14,17-20,23,26H,6-12,15-16H2,1-5H3,(H,31,37)(H,32,36)/t23-,26?/m0/s1. The summed E-state index contributed by atoms with van der Waals surface area (Å²) in [6.07, 6.45) is 6.97. The Hall–Kier alpha value is -3.88. The molecule has 0 spiro atoms. The van der Waals surface area contributed by atoms with Crippen LogP contribution in [0.4, 0.5) is 16.2 Å². The van der Waals surface area contributed by atoms with Gasteiger partial charge in [-0.25, -0.2) is 9.78 Å². The van der Waals surface area contributed by atoms with Gasteiger partial charge in [-0.1, -0.05) is 32.1 Å². The summed E-state index contributed by atoms with van der Waals surface area (Å²) in [5, 5.41) is 28.2. The molecule has 17 heteroatoms. The van der Waals surface area contributed by atoms with Gasteiger partial charge in [-0.3, -0.25) is 34.2 Å². The van der Waals surface area contributed by atoms with Crippen molar-refractivity contribution in [1.29, 1.82) is 0 Å². The number of alkyl carbamates (subject to hydrolysis) is 1. The second-order valence-corrected chi connectivity index (χ2v) is 14.2. The Kier molecular flexibility index (Phi) is 12.8. The number of rotatable bonds is 15. The van der Waals surface area contributed by atoms with Gasteiger partial charge in [0.2, 0.25) is 5.91 Å².